The Balaban J connectivity index is 1.42. The fraction of sp³-hybridized carbons (Fsp3) is 0.700. The number of likely N-dealkylation sites (tertiary alicyclic amines) is 1. The highest BCUT2D eigenvalue weighted by molar-refractivity contribution is 5.78. The SMILES string of the molecule is NC(CC(=O)N1CCc2c(nc(C3CC3)nc2C(F)(F)F)C1)CN1CC(F)(F)CCC1=O. The first-order valence-corrected chi connectivity index (χ1v) is 10.6. The summed E-state index contributed by atoms with van der Waals surface area (Å²) in [5.74, 6) is -3.76. The molecule has 4 rings (SSSR count). The molecule has 1 aromatic heterocycles. The number of carbonyl (C=O) groups is 2. The van der Waals surface area contributed by atoms with Gasteiger partial charge in [-0.2, -0.15) is 13.2 Å². The smallest absolute Gasteiger partial charge is 0.336 e. The van der Waals surface area contributed by atoms with Gasteiger partial charge in [-0.25, -0.2) is 18.7 Å². The molecule has 2 fully saturated rings. The summed E-state index contributed by atoms with van der Waals surface area (Å²) in [4.78, 5) is 35.0. The van der Waals surface area contributed by atoms with Gasteiger partial charge < -0.3 is 15.5 Å². The highest BCUT2D eigenvalue weighted by atomic mass is 19.4. The van der Waals surface area contributed by atoms with E-state index in [0.717, 1.165) is 17.7 Å². The van der Waals surface area contributed by atoms with E-state index in [0.29, 0.717) is 0 Å². The lowest BCUT2D eigenvalue weighted by atomic mass is 10.0. The zero-order valence-electron chi connectivity index (χ0n) is 17.3. The first-order valence-electron chi connectivity index (χ1n) is 10.6. The third-order valence-corrected chi connectivity index (χ3v) is 6.02. The first-order chi connectivity index (χ1) is 14.9. The van der Waals surface area contributed by atoms with Crippen LogP contribution in [0.15, 0.2) is 0 Å². The second-order valence-electron chi connectivity index (χ2n) is 8.79. The van der Waals surface area contributed by atoms with Crippen LogP contribution in [0.5, 0.6) is 0 Å². The molecule has 1 atom stereocenters. The van der Waals surface area contributed by atoms with E-state index in [-0.39, 0.29) is 61.9 Å². The number of nitrogens with zero attached hydrogens (tertiary/aromatic N) is 4. The molecule has 1 saturated carbocycles. The molecule has 2 N–H and O–H groups in total. The van der Waals surface area contributed by atoms with Crippen LogP contribution in [0.2, 0.25) is 0 Å². The predicted molar refractivity (Wildman–Crippen MR) is 101 cm³/mol. The summed E-state index contributed by atoms with van der Waals surface area (Å²) in [7, 11) is 0. The molecule has 0 spiro atoms. The molecule has 1 aliphatic carbocycles. The van der Waals surface area contributed by atoms with Crippen molar-refractivity contribution >= 4 is 11.8 Å². The lowest BCUT2D eigenvalue weighted by molar-refractivity contribution is -0.148. The number of hydrogen-bond acceptors (Lipinski definition) is 5. The van der Waals surface area contributed by atoms with Gasteiger partial charge >= 0.3 is 6.18 Å². The highest BCUT2D eigenvalue weighted by Gasteiger charge is 2.42. The number of aromatic nitrogens is 2. The highest BCUT2D eigenvalue weighted by Crippen LogP contribution is 2.41. The van der Waals surface area contributed by atoms with Gasteiger partial charge in [0.1, 0.15) is 5.82 Å². The van der Waals surface area contributed by atoms with E-state index >= 15 is 0 Å². The van der Waals surface area contributed by atoms with Crippen molar-refractivity contribution in [3.05, 3.63) is 22.8 Å². The van der Waals surface area contributed by atoms with Crippen LogP contribution in [0, 0.1) is 0 Å². The van der Waals surface area contributed by atoms with Gasteiger partial charge in [0, 0.05) is 49.9 Å². The molecule has 1 saturated heterocycles. The van der Waals surface area contributed by atoms with Crippen molar-refractivity contribution in [1.29, 1.82) is 0 Å². The first kappa shape index (κ1) is 22.8. The fourth-order valence-corrected chi connectivity index (χ4v) is 4.18. The maximum absolute atomic E-state index is 13.6. The Morgan fingerprint density at radius 2 is 1.94 bits per heavy atom. The molecule has 176 valence electrons. The summed E-state index contributed by atoms with van der Waals surface area (Å²) < 4.78 is 67.7. The third-order valence-electron chi connectivity index (χ3n) is 6.02. The van der Waals surface area contributed by atoms with Crippen molar-refractivity contribution in [2.45, 2.75) is 69.1 Å². The summed E-state index contributed by atoms with van der Waals surface area (Å²) in [6, 6.07) is -0.861. The Hall–Kier alpha value is -2.37. The number of halogens is 5. The van der Waals surface area contributed by atoms with Crippen molar-refractivity contribution in [1.82, 2.24) is 19.8 Å². The van der Waals surface area contributed by atoms with Crippen LogP contribution in [0.4, 0.5) is 22.0 Å². The van der Waals surface area contributed by atoms with E-state index in [2.05, 4.69) is 9.97 Å². The Morgan fingerprint density at radius 1 is 1.22 bits per heavy atom. The summed E-state index contributed by atoms with van der Waals surface area (Å²) in [6.07, 6.45) is -4.16. The molecule has 2 amide bonds. The van der Waals surface area contributed by atoms with Gasteiger partial charge in [0.15, 0.2) is 5.69 Å². The molecule has 0 bridgehead atoms. The Morgan fingerprint density at radius 3 is 2.59 bits per heavy atom. The second kappa shape index (κ2) is 8.20. The van der Waals surface area contributed by atoms with E-state index in [4.69, 9.17) is 5.73 Å². The number of amides is 2. The van der Waals surface area contributed by atoms with E-state index in [1.165, 1.54) is 4.90 Å². The number of alkyl halides is 5. The number of hydrogen-bond donors (Lipinski definition) is 1. The van der Waals surface area contributed by atoms with Crippen LogP contribution in [0.3, 0.4) is 0 Å². The lowest BCUT2D eigenvalue weighted by Crippen LogP contribution is -2.51. The maximum Gasteiger partial charge on any atom is 0.433 e. The largest absolute Gasteiger partial charge is 0.433 e. The maximum atomic E-state index is 13.6. The molecule has 12 heteroatoms. The molecule has 1 aromatic rings. The number of fused-ring (bicyclic) bond motifs is 1. The molecule has 3 heterocycles. The van der Waals surface area contributed by atoms with Gasteiger partial charge in [-0.05, 0) is 19.3 Å². The van der Waals surface area contributed by atoms with Crippen molar-refractivity contribution in [2.75, 3.05) is 19.6 Å². The summed E-state index contributed by atoms with van der Waals surface area (Å²) >= 11 is 0. The Bertz CT molecular complexity index is 918. The van der Waals surface area contributed by atoms with Gasteiger partial charge in [-0.15, -0.1) is 0 Å². The number of rotatable bonds is 5. The summed E-state index contributed by atoms with van der Waals surface area (Å²) in [5.41, 5.74) is 5.22. The van der Waals surface area contributed by atoms with Gasteiger partial charge in [-0.3, -0.25) is 9.59 Å². The monoisotopic (exact) mass is 461 g/mol. The molecule has 3 aliphatic rings. The van der Waals surface area contributed by atoms with Gasteiger partial charge in [0.05, 0.1) is 18.8 Å². The van der Waals surface area contributed by atoms with Crippen LogP contribution >= 0.6 is 0 Å². The zero-order valence-corrected chi connectivity index (χ0v) is 17.3. The topological polar surface area (TPSA) is 92.4 Å². The Kier molecular flexibility index (Phi) is 5.84. The van der Waals surface area contributed by atoms with Gasteiger partial charge in [0.2, 0.25) is 11.8 Å². The zero-order chi connectivity index (χ0) is 23.3. The van der Waals surface area contributed by atoms with Crippen LogP contribution < -0.4 is 5.73 Å². The number of piperidine rings is 1. The second-order valence-corrected chi connectivity index (χ2v) is 8.79. The molecule has 1 unspecified atom stereocenters. The van der Waals surface area contributed by atoms with E-state index in [1.807, 2.05) is 0 Å². The van der Waals surface area contributed by atoms with Crippen LogP contribution in [-0.4, -0.2) is 63.2 Å². The summed E-state index contributed by atoms with van der Waals surface area (Å²) in [6.45, 7) is -0.954. The molecular formula is C20H24F5N5O2. The van der Waals surface area contributed by atoms with E-state index < -0.39 is 48.6 Å². The standard InChI is InChI=1S/C20H24F5N5O2/c21-19(22)5-3-15(31)30(10-19)8-12(26)7-16(32)29-6-4-13-14(9-29)27-18(11-1-2-11)28-17(13)20(23,24)25/h11-12H,1-10,26H2. The van der Waals surface area contributed by atoms with Crippen molar-refractivity contribution in [2.24, 2.45) is 5.73 Å². The molecular weight excluding hydrogens is 437 g/mol. The quantitative estimate of drug-likeness (QED) is 0.679. The van der Waals surface area contributed by atoms with E-state index in [9.17, 15) is 31.5 Å². The average molecular weight is 461 g/mol. The normalized spacial score (nSPS) is 22.0. The van der Waals surface area contributed by atoms with Crippen molar-refractivity contribution in [3.8, 4) is 0 Å². The van der Waals surface area contributed by atoms with Crippen LogP contribution in [0.1, 0.15) is 60.8 Å². The minimum atomic E-state index is -4.60. The summed E-state index contributed by atoms with van der Waals surface area (Å²) in [5, 5.41) is 0. The molecule has 32 heavy (non-hydrogen) atoms. The van der Waals surface area contributed by atoms with Gasteiger partial charge in [-0.1, -0.05) is 0 Å². The predicted octanol–water partition coefficient (Wildman–Crippen LogP) is 2.23. The minimum Gasteiger partial charge on any atom is -0.336 e. The molecule has 0 aromatic carbocycles. The van der Waals surface area contributed by atoms with Crippen molar-refractivity contribution < 1.29 is 31.5 Å². The molecule has 7 nitrogen and oxygen atoms in total. The lowest BCUT2D eigenvalue weighted by Gasteiger charge is -2.34. The Labute approximate surface area is 181 Å². The van der Waals surface area contributed by atoms with Crippen molar-refractivity contribution in [3.63, 3.8) is 0 Å². The molecule has 0 radical (unpaired) electrons. The average Bonchev–Trinajstić information content (AvgIpc) is 3.54. The molecule has 2 aliphatic heterocycles. The number of carbonyl (C=O) groups excluding carboxylic acids is 2. The van der Waals surface area contributed by atoms with Crippen LogP contribution in [-0.2, 0) is 28.7 Å². The van der Waals surface area contributed by atoms with E-state index in [1.54, 1.807) is 0 Å². The number of nitrogens with two attached hydrogens (primary N) is 1. The fourth-order valence-electron chi connectivity index (χ4n) is 4.18. The van der Waals surface area contributed by atoms with Crippen LogP contribution in [0.25, 0.3) is 0 Å². The minimum absolute atomic E-state index is 0.0105. The van der Waals surface area contributed by atoms with Gasteiger partial charge in [0.25, 0.3) is 5.92 Å². The third kappa shape index (κ3) is 5.00.